The Labute approximate surface area is 201 Å². The van der Waals surface area contributed by atoms with E-state index in [1.165, 1.54) is 0 Å². The number of aryl methyl sites for hydroxylation is 2. The smallest absolute Gasteiger partial charge is 0.303 e. The topological polar surface area (TPSA) is 95.7 Å². The Morgan fingerprint density at radius 1 is 1.06 bits per heavy atom. The maximum absolute atomic E-state index is 11.1. The summed E-state index contributed by atoms with van der Waals surface area (Å²) in [5.74, 6) is 1.80. The van der Waals surface area contributed by atoms with Crippen LogP contribution in [0.1, 0.15) is 23.4 Å². The molecule has 0 saturated carbocycles. The first-order chi connectivity index (χ1) is 16.4. The van der Waals surface area contributed by atoms with Crippen molar-refractivity contribution in [1.29, 1.82) is 0 Å². The number of hydrogen-bond acceptors (Lipinski definition) is 6. The van der Waals surface area contributed by atoms with Crippen molar-refractivity contribution in [3.63, 3.8) is 0 Å². The number of halogens is 1. The quantitative estimate of drug-likeness (QED) is 0.325. The van der Waals surface area contributed by atoms with Gasteiger partial charge >= 0.3 is 5.97 Å². The Balaban J connectivity index is 1.51. The zero-order valence-electron chi connectivity index (χ0n) is 18.8. The number of benzene rings is 2. The Bertz CT molecular complexity index is 1300. The third kappa shape index (κ3) is 5.58. The number of aromatic nitrogens is 3. The molecule has 4 rings (SSSR count). The lowest BCUT2D eigenvalue weighted by atomic mass is 10.1. The first-order valence-corrected chi connectivity index (χ1v) is 11.0. The van der Waals surface area contributed by atoms with Crippen LogP contribution in [0.15, 0.2) is 54.7 Å². The molecule has 0 unspecified atom stereocenters. The molecule has 4 aromatic rings. The van der Waals surface area contributed by atoms with Gasteiger partial charge in [0.15, 0.2) is 0 Å². The lowest BCUT2D eigenvalue weighted by molar-refractivity contribution is -0.136. The Morgan fingerprint density at radius 2 is 1.88 bits per heavy atom. The van der Waals surface area contributed by atoms with Gasteiger partial charge in [-0.3, -0.25) is 4.79 Å². The highest BCUT2D eigenvalue weighted by molar-refractivity contribution is 6.29. The minimum absolute atomic E-state index is 0.00237. The monoisotopic (exact) mass is 481 g/mol. The molecule has 0 aliphatic rings. The molecule has 34 heavy (non-hydrogen) atoms. The van der Waals surface area contributed by atoms with Gasteiger partial charge in [0.2, 0.25) is 0 Å². The maximum atomic E-state index is 11.1. The van der Waals surface area contributed by atoms with E-state index < -0.39 is 5.97 Å². The molecule has 2 aromatic heterocycles. The summed E-state index contributed by atoms with van der Waals surface area (Å²) >= 11 is 5.85. The predicted molar refractivity (Wildman–Crippen MR) is 128 cm³/mol. The second kappa shape index (κ2) is 10.4. The number of ether oxygens (including phenoxy) is 3. The van der Waals surface area contributed by atoms with Crippen LogP contribution in [0.4, 0.5) is 0 Å². The van der Waals surface area contributed by atoms with Crippen molar-refractivity contribution in [1.82, 2.24) is 14.5 Å². The molecule has 0 fully saturated rings. The largest absolute Gasteiger partial charge is 0.497 e. The van der Waals surface area contributed by atoms with Crippen molar-refractivity contribution < 1.29 is 24.1 Å². The number of imidazole rings is 1. The Hall–Kier alpha value is -3.78. The van der Waals surface area contributed by atoms with E-state index in [-0.39, 0.29) is 19.6 Å². The molecule has 8 nitrogen and oxygen atoms in total. The van der Waals surface area contributed by atoms with Crippen LogP contribution >= 0.6 is 11.6 Å². The first kappa shape index (κ1) is 23.4. The van der Waals surface area contributed by atoms with Crippen LogP contribution in [0.5, 0.6) is 17.2 Å². The Morgan fingerprint density at radius 3 is 2.62 bits per heavy atom. The predicted octanol–water partition coefficient (Wildman–Crippen LogP) is 4.81. The molecule has 176 valence electrons. The average Bonchev–Trinajstić information content (AvgIpc) is 3.16. The molecule has 2 aromatic carbocycles. The molecule has 0 aliphatic heterocycles. The number of carbonyl (C=O) groups is 1. The van der Waals surface area contributed by atoms with Gasteiger partial charge in [0.05, 0.1) is 18.1 Å². The first-order valence-electron chi connectivity index (χ1n) is 10.6. The fourth-order valence-electron chi connectivity index (χ4n) is 3.48. The third-order valence-corrected chi connectivity index (χ3v) is 5.60. The molecule has 0 atom stereocenters. The van der Waals surface area contributed by atoms with Crippen molar-refractivity contribution in [2.75, 3.05) is 7.11 Å². The van der Waals surface area contributed by atoms with E-state index in [0.29, 0.717) is 23.1 Å². The van der Waals surface area contributed by atoms with E-state index in [2.05, 4.69) is 9.97 Å². The zero-order valence-corrected chi connectivity index (χ0v) is 19.6. The summed E-state index contributed by atoms with van der Waals surface area (Å²) in [6.07, 6.45) is 1.99. The van der Waals surface area contributed by atoms with Crippen molar-refractivity contribution in [2.45, 2.75) is 26.1 Å². The molecule has 0 spiro atoms. The van der Waals surface area contributed by atoms with Crippen molar-refractivity contribution in [3.05, 3.63) is 76.8 Å². The third-order valence-electron chi connectivity index (χ3n) is 5.38. The van der Waals surface area contributed by atoms with Crippen LogP contribution in [0.2, 0.25) is 5.15 Å². The molecule has 0 amide bonds. The molecule has 0 bridgehead atoms. The SMILES string of the molecule is COc1ccc2nc(COc3ccc(CCC(=O)O)c(OCc4ccc(Cl)nc4)c3)n(C)c2c1. The molecule has 0 radical (unpaired) electrons. The van der Waals surface area contributed by atoms with E-state index in [4.69, 9.17) is 30.9 Å². The van der Waals surface area contributed by atoms with Crippen LogP contribution < -0.4 is 14.2 Å². The molecule has 0 aliphatic carbocycles. The summed E-state index contributed by atoms with van der Waals surface area (Å²) < 4.78 is 19.3. The fraction of sp³-hybridized carbons (Fsp3) is 0.240. The second-order valence-corrected chi connectivity index (χ2v) is 8.06. The van der Waals surface area contributed by atoms with Gasteiger partial charge < -0.3 is 23.9 Å². The lowest BCUT2D eigenvalue weighted by Crippen LogP contribution is -2.05. The minimum Gasteiger partial charge on any atom is -0.497 e. The Kier molecular flexibility index (Phi) is 7.18. The van der Waals surface area contributed by atoms with Crippen molar-refractivity contribution >= 4 is 28.6 Å². The maximum Gasteiger partial charge on any atom is 0.303 e. The van der Waals surface area contributed by atoms with Crippen LogP contribution in [0.3, 0.4) is 0 Å². The number of pyridine rings is 1. The van der Waals surface area contributed by atoms with E-state index in [0.717, 1.165) is 33.7 Å². The molecule has 2 heterocycles. The van der Waals surface area contributed by atoms with Gasteiger partial charge in [-0.15, -0.1) is 0 Å². The normalized spacial score (nSPS) is 10.9. The van der Waals surface area contributed by atoms with Crippen LogP contribution in [-0.4, -0.2) is 32.7 Å². The number of fused-ring (bicyclic) bond motifs is 1. The molecule has 9 heteroatoms. The van der Waals surface area contributed by atoms with Gasteiger partial charge in [-0.25, -0.2) is 9.97 Å². The summed E-state index contributed by atoms with van der Waals surface area (Å²) in [7, 11) is 3.56. The van der Waals surface area contributed by atoms with Gasteiger partial charge in [0.25, 0.3) is 0 Å². The highest BCUT2D eigenvalue weighted by Gasteiger charge is 2.12. The van der Waals surface area contributed by atoms with E-state index in [1.807, 2.05) is 41.9 Å². The summed E-state index contributed by atoms with van der Waals surface area (Å²) in [5.41, 5.74) is 3.43. The van der Waals surface area contributed by atoms with E-state index in [9.17, 15) is 4.79 Å². The number of carboxylic acid groups (broad SMARTS) is 1. The molecular formula is C25H24ClN3O5. The highest BCUT2D eigenvalue weighted by atomic mass is 35.5. The molecular weight excluding hydrogens is 458 g/mol. The number of aliphatic carboxylic acids is 1. The van der Waals surface area contributed by atoms with Crippen molar-refractivity contribution in [3.8, 4) is 17.2 Å². The second-order valence-electron chi connectivity index (χ2n) is 7.67. The summed E-state index contributed by atoms with van der Waals surface area (Å²) in [6, 6.07) is 14.6. The minimum atomic E-state index is -0.869. The van der Waals surface area contributed by atoms with Gasteiger partial charge in [0, 0.05) is 37.4 Å². The van der Waals surface area contributed by atoms with Gasteiger partial charge in [0.1, 0.15) is 41.4 Å². The fourth-order valence-corrected chi connectivity index (χ4v) is 3.60. The van der Waals surface area contributed by atoms with Gasteiger partial charge in [-0.05, 0) is 36.2 Å². The molecule has 0 saturated heterocycles. The number of hydrogen-bond donors (Lipinski definition) is 1. The van der Waals surface area contributed by atoms with Crippen molar-refractivity contribution in [2.24, 2.45) is 7.05 Å². The summed E-state index contributed by atoms with van der Waals surface area (Å²) in [4.78, 5) is 19.8. The number of nitrogens with zero attached hydrogens (tertiary/aromatic N) is 3. The average molecular weight is 482 g/mol. The van der Waals surface area contributed by atoms with E-state index in [1.54, 1.807) is 31.5 Å². The summed E-state index contributed by atoms with van der Waals surface area (Å²) in [6.45, 7) is 0.517. The summed E-state index contributed by atoms with van der Waals surface area (Å²) in [5, 5.41) is 9.48. The van der Waals surface area contributed by atoms with Gasteiger partial charge in [-0.1, -0.05) is 23.7 Å². The standard InChI is InChI=1S/C25H24ClN3O5/c1-29-21-11-18(32-2)7-8-20(21)28-24(29)15-33-19-6-4-17(5-10-25(30)31)22(12-19)34-14-16-3-9-23(26)27-13-16/h3-4,6-9,11-13H,5,10,14-15H2,1-2H3,(H,30,31). The lowest BCUT2D eigenvalue weighted by Gasteiger charge is -2.14. The van der Waals surface area contributed by atoms with E-state index >= 15 is 0 Å². The van der Waals surface area contributed by atoms with Crippen LogP contribution in [0, 0.1) is 0 Å². The number of carboxylic acids is 1. The van der Waals surface area contributed by atoms with Crippen LogP contribution in [-0.2, 0) is 31.5 Å². The zero-order chi connectivity index (χ0) is 24.1. The highest BCUT2D eigenvalue weighted by Crippen LogP contribution is 2.28. The van der Waals surface area contributed by atoms with Gasteiger partial charge in [-0.2, -0.15) is 0 Å². The molecule has 1 N–H and O–H groups in total. The number of rotatable bonds is 10. The number of methoxy groups -OCH3 is 1. The van der Waals surface area contributed by atoms with Crippen LogP contribution in [0.25, 0.3) is 11.0 Å².